The number of aliphatic imine (C=N–C) groups is 1. The number of piperazine rings is 1. The van der Waals surface area contributed by atoms with Crippen molar-refractivity contribution in [2.45, 2.75) is 39.5 Å². The maximum atomic E-state index is 13.4. The number of carbonyl (C=O) groups is 1. The number of urea groups is 1. The normalized spacial score (nSPS) is 17.9. The Morgan fingerprint density at radius 2 is 1.82 bits per heavy atom. The van der Waals surface area contributed by atoms with Crippen LogP contribution in [0.15, 0.2) is 23.2 Å². The summed E-state index contributed by atoms with van der Waals surface area (Å²) in [6.45, 7) is 13.7. The van der Waals surface area contributed by atoms with Crippen molar-refractivity contribution < 1.29 is 17.9 Å². The maximum Gasteiger partial charge on any atom is 0.325 e. The monoisotopic (exact) mass is 478 g/mol. The van der Waals surface area contributed by atoms with Crippen LogP contribution < -0.4 is 4.74 Å². The van der Waals surface area contributed by atoms with Crippen LogP contribution in [0.2, 0.25) is 0 Å². The molecule has 0 aromatic heterocycles. The maximum absolute atomic E-state index is 13.4. The van der Waals surface area contributed by atoms with Gasteiger partial charge in [0.1, 0.15) is 21.4 Å². The van der Waals surface area contributed by atoms with Gasteiger partial charge in [-0.05, 0) is 43.0 Å². The van der Waals surface area contributed by atoms with Gasteiger partial charge in [-0.25, -0.2) is 13.2 Å². The summed E-state index contributed by atoms with van der Waals surface area (Å²) in [5.74, 6) is 1.65. The standard InChI is InChI=1S/C24H38N4O4S/c1-6-32-21-18-19(24(2,3)4)8-9-20(21)22-25-10-12-28(22)23(29)27-15-13-26(14-16-27)11-7-17-33(5,30)31/h8-9,18H,6-7,10-17H2,1-5H3. The molecule has 0 bridgehead atoms. The number of amides is 2. The molecule has 2 aliphatic heterocycles. The number of benzene rings is 1. The number of nitrogens with zero attached hydrogens (tertiary/aromatic N) is 4. The molecule has 1 aromatic rings. The third-order valence-corrected chi connectivity index (χ3v) is 7.12. The van der Waals surface area contributed by atoms with Crippen molar-refractivity contribution in [3.63, 3.8) is 0 Å². The van der Waals surface area contributed by atoms with E-state index in [1.807, 2.05) is 17.9 Å². The lowest BCUT2D eigenvalue weighted by Gasteiger charge is -2.37. The summed E-state index contributed by atoms with van der Waals surface area (Å²) >= 11 is 0. The highest BCUT2D eigenvalue weighted by Gasteiger charge is 2.32. The first kappa shape index (κ1) is 25.5. The van der Waals surface area contributed by atoms with Gasteiger partial charge < -0.3 is 9.64 Å². The van der Waals surface area contributed by atoms with Gasteiger partial charge in [-0.2, -0.15) is 0 Å². The molecule has 33 heavy (non-hydrogen) atoms. The average Bonchev–Trinajstić information content (AvgIpc) is 3.22. The predicted octanol–water partition coefficient (Wildman–Crippen LogP) is 2.62. The minimum absolute atomic E-state index is 0.00162. The highest BCUT2D eigenvalue weighted by Crippen LogP contribution is 2.31. The smallest absolute Gasteiger partial charge is 0.325 e. The number of rotatable bonds is 7. The van der Waals surface area contributed by atoms with Crippen LogP contribution in [0.3, 0.4) is 0 Å². The van der Waals surface area contributed by atoms with Crippen molar-refractivity contribution in [2.75, 3.05) is 64.4 Å². The molecule has 0 radical (unpaired) electrons. The Bertz CT molecular complexity index is 977. The highest BCUT2D eigenvalue weighted by molar-refractivity contribution is 7.90. The zero-order valence-electron chi connectivity index (χ0n) is 20.6. The molecule has 184 valence electrons. The van der Waals surface area contributed by atoms with Crippen molar-refractivity contribution in [3.05, 3.63) is 29.3 Å². The third kappa shape index (κ3) is 6.69. The van der Waals surface area contributed by atoms with Crippen LogP contribution in [0.5, 0.6) is 5.75 Å². The lowest BCUT2D eigenvalue weighted by atomic mass is 9.86. The quantitative estimate of drug-likeness (QED) is 0.602. The van der Waals surface area contributed by atoms with Gasteiger partial charge in [-0.3, -0.25) is 14.8 Å². The summed E-state index contributed by atoms with van der Waals surface area (Å²) in [7, 11) is -2.93. The third-order valence-electron chi connectivity index (χ3n) is 6.09. The minimum atomic E-state index is -2.93. The molecule has 2 amide bonds. The fourth-order valence-corrected chi connectivity index (χ4v) is 4.85. The van der Waals surface area contributed by atoms with Crippen molar-refractivity contribution in [1.29, 1.82) is 0 Å². The van der Waals surface area contributed by atoms with Gasteiger partial charge in [0.2, 0.25) is 0 Å². The Morgan fingerprint density at radius 1 is 1.12 bits per heavy atom. The van der Waals surface area contributed by atoms with E-state index >= 15 is 0 Å². The molecule has 1 aromatic carbocycles. The summed E-state index contributed by atoms with van der Waals surface area (Å²) in [5.41, 5.74) is 2.03. The van der Waals surface area contributed by atoms with E-state index in [4.69, 9.17) is 4.74 Å². The minimum Gasteiger partial charge on any atom is -0.493 e. The molecular formula is C24H38N4O4S. The Kier molecular flexibility index (Phi) is 8.05. The fraction of sp³-hybridized carbons (Fsp3) is 0.667. The van der Waals surface area contributed by atoms with Crippen molar-refractivity contribution >= 4 is 21.7 Å². The molecule has 1 saturated heterocycles. The zero-order chi connectivity index (χ0) is 24.2. The molecule has 0 spiro atoms. The second kappa shape index (κ2) is 10.4. The van der Waals surface area contributed by atoms with Gasteiger partial charge in [0.05, 0.1) is 24.5 Å². The van der Waals surface area contributed by atoms with E-state index in [1.165, 1.54) is 11.8 Å². The number of amidine groups is 1. The number of carbonyl (C=O) groups excluding carboxylic acids is 1. The van der Waals surface area contributed by atoms with Gasteiger partial charge in [0.15, 0.2) is 0 Å². The first-order valence-electron chi connectivity index (χ1n) is 11.8. The molecule has 1 fully saturated rings. The van der Waals surface area contributed by atoms with Crippen molar-refractivity contribution in [1.82, 2.24) is 14.7 Å². The molecule has 2 aliphatic rings. The Labute approximate surface area is 198 Å². The van der Waals surface area contributed by atoms with Gasteiger partial charge in [0.25, 0.3) is 0 Å². The fourth-order valence-electron chi connectivity index (χ4n) is 4.20. The first-order chi connectivity index (χ1) is 15.5. The van der Waals surface area contributed by atoms with E-state index in [0.29, 0.717) is 45.0 Å². The van der Waals surface area contributed by atoms with Gasteiger partial charge in [0, 0.05) is 39.0 Å². The lowest BCUT2D eigenvalue weighted by molar-refractivity contribution is 0.127. The Balaban J connectivity index is 1.66. The predicted molar refractivity (Wildman–Crippen MR) is 132 cm³/mol. The molecule has 8 nitrogen and oxygen atoms in total. The van der Waals surface area contributed by atoms with Gasteiger partial charge >= 0.3 is 6.03 Å². The largest absolute Gasteiger partial charge is 0.493 e. The summed E-state index contributed by atoms with van der Waals surface area (Å²) in [6.07, 6.45) is 1.90. The van der Waals surface area contributed by atoms with Crippen LogP contribution in [-0.2, 0) is 15.3 Å². The first-order valence-corrected chi connectivity index (χ1v) is 13.8. The second-order valence-corrected chi connectivity index (χ2v) is 12.1. The number of hydrogen-bond donors (Lipinski definition) is 0. The van der Waals surface area contributed by atoms with Crippen molar-refractivity contribution in [2.24, 2.45) is 4.99 Å². The van der Waals surface area contributed by atoms with Crippen molar-refractivity contribution in [3.8, 4) is 5.75 Å². The van der Waals surface area contributed by atoms with Gasteiger partial charge in [-0.1, -0.05) is 26.8 Å². The molecule has 0 aliphatic carbocycles. The number of ether oxygens (including phenoxy) is 1. The molecule has 2 heterocycles. The van der Waals surface area contributed by atoms with Crippen LogP contribution in [-0.4, -0.2) is 99.4 Å². The molecule has 3 rings (SSSR count). The van der Waals surface area contributed by atoms with E-state index in [2.05, 4.69) is 42.8 Å². The van der Waals surface area contributed by atoms with E-state index in [1.54, 1.807) is 4.90 Å². The Morgan fingerprint density at radius 3 is 2.42 bits per heavy atom. The summed E-state index contributed by atoms with van der Waals surface area (Å²) in [5, 5.41) is 0. The van der Waals surface area contributed by atoms with Crippen LogP contribution in [0, 0.1) is 0 Å². The zero-order valence-corrected chi connectivity index (χ0v) is 21.4. The van der Waals surface area contributed by atoms with E-state index < -0.39 is 9.84 Å². The molecular weight excluding hydrogens is 440 g/mol. The molecule has 0 N–H and O–H groups in total. The summed E-state index contributed by atoms with van der Waals surface area (Å²) < 4.78 is 28.6. The number of sulfone groups is 1. The second-order valence-electron chi connectivity index (χ2n) is 9.85. The highest BCUT2D eigenvalue weighted by atomic mass is 32.2. The lowest BCUT2D eigenvalue weighted by Crippen LogP contribution is -2.53. The molecule has 0 atom stereocenters. The van der Waals surface area contributed by atoms with E-state index in [9.17, 15) is 13.2 Å². The average molecular weight is 479 g/mol. The molecule has 9 heteroatoms. The Hall–Kier alpha value is -2.13. The van der Waals surface area contributed by atoms with E-state index in [0.717, 1.165) is 30.9 Å². The SMILES string of the molecule is CCOc1cc(C(C)(C)C)ccc1C1=NCCN1C(=O)N1CCN(CCCS(C)(=O)=O)CC1. The topological polar surface area (TPSA) is 82.5 Å². The number of hydrogen-bond acceptors (Lipinski definition) is 6. The molecule has 0 saturated carbocycles. The van der Waals surface area contributed by atoms with Crippen LogP contribution in [0.1, 0.15) is 45.2 Å². The summed E-state index contributed by atoms with van der Waals surface area (Å²) in [6, 6.07) is 6.16. The van der Waals surface area contributed by atoms with Crippen LogP contribution >= 0.6 is 0 Å². The van der Waals surface area contributed by atoms with Crippen LogP contribution in [0.4, 0.5) is 4.79 Å². The van der Waals surface area contributed by atoms with Gasteiger partial charge in [-0.15, -0.1) is 0 Å². The van der Waals surface area contributed by atoms with Crippen LogP contribution in [0.25, 0.3) is 0 Å². The molecule has 0 unspecified atom stereocenters. The summed E-state index contributed by atoms with van der Waals surface area (Å²) in [4.78, 5) is 23.9. The van der Waals surface area contributed by atoms with E-state index in [-0.39, 0.29) is 17.2 Å².